The molecule has 1 heterocycles. The fourth-order valence-corrected chi connectivity index (χ4v) is 1.56. The molecule has 0 saturated carbocycles. The maximum Gasteiger partial charge on any atom is 0.130 e. The fraction of sp³-hybridized carbons (Fsp3) is 0.600. The number of aromatic nitrogens is 2. The molecule has 1 aromatic heterocycles. The third-order valence-electron chi connectivity index (χ3n) is 2.02. The van der Waals surface area contributed by atoms with Gasteiger partial charge in [-0.2, -0.15) is 0 Å². The Morgan fingerprint density at radius 2 is 2.29 bits per heavy atom. The van der Waals surface area contributed by atoms with Gasteiger partial charge in [0.1, 0.15) is 16.7 Å². The second-order valence-corrected chi connectivity index (χ2v) is 4.23. The van der Waals surface area contributed by atoms with Gasteiger partial charge in [0.2, 0.25) is 0 Å². The van der Waals surface area contributed by atoms with Crippen molar-refractivity contribution < 1.29 is 0 Å². The van der Waals surface area contributed by atoms with Crippen molar-refractivity contribution in [3.63, 3.8) is 0 Å². The second-order valence-electron chi connectivity index (χ2n) is 3.41. The van der Waals surface area contributed by atoms with Crippen LogP contribution in [0.1, 0.15) is 33.1 Å². The number of hydrogen-bond acceptors (Lipinski definition) is 3. The van der Waals surface area contributed by atoms with Crippen molar-refractivity contribution in [2.75, 3.05) is 5.32 Å². The van der Waals surface area contributed by atoms with Crippen molar-refractivity contribution in [3.05, 3.63) is 17.0 Å². The first-order chi connectivity index (χ1) is 6.72. The average molecular weight is 258 g/mol. The van der Waals surface area contributed by atoms with E-state index in [0.29, 0.717) is 6.04 Å². The van der Waals surface area contributed by atoms with E-state index in [-0.39, 0.29) is 0 Å². The SMILES string of the molecule is CCCCC(C)Nc1cc(Br)ncn1. The number of anilines is 1. The number of halogens is 1. The van der Waals surface area contributed by atoms with Crippen LogP contribution in [0, 0.1) is 0 Å². The smallest absolute Gasteiger partial charge is 0.130 e. The predicted octanol–water partition coefficient (Wildman–Crippen LogP) is 3.23. The summed E-state index contributed by atoms with van der Waals surface area (Å²) in [4.78, 5) is 8.11. The predicted molar refractivity (Wildman–Crippen MR) is 62.3 cm³/mol. The molecule has 0 radical (unpaired) electrons. The maximum atomic E-state index is 4.14. The van der Waals surface area contributed by atoms with Crippen LogP contribution >= 0.6 is 15.9 Å². The molecular formula is C10H16BrN3. The molecule has 0 amide bonds. The largest absolute Gasteiger partial charge is 0.367 e. The van der Waals surface area contributed by atoms with Gasteiger partial charge in [0.25, 0.3) is 0 Å². The zero-order valence-electron chi connectivity index (χ0n) is 8.63. The summed E-state index contributed by atoms with van der Waals surface area (Å²) in [7, 11) is 0. The molecule has 1 rings (SSSR count). The molecule has 1 N–H and O–H groups in total. The first-order valence-corrected chi connectivity index (χ1v) is 5.75. The Labute approximate surface area is 93.5 Å². The minimum absolute atomic E-state index is 0.469. The first kappa shape index (κ1) is 11.4. The monoisotopic (exact) mass is 257 g/mol. The Morgan fingerprint density at radius 3 is 2.93 bits per heavy atom. The standard InChI is InChI=1S/C10H16BrN3/c1-3-4-5-8(2)14-10-6-9(11)12-7-13-10/h6-8H,3-5H2,1-2H3,(H,12,13,14). The van der Waals surface area contributed by atoms with Gasteiger partial charge in [-0.05, 0) is 29.3 Å². The molecule has 78 valence electrons. The van der Waals surface area contributed by atoms with Crippen LogP contribution < -0.4 is 5.32 Å². The van der Waals surface area contributed by atoms with Crippen molar-refractivity contribution in [1.82, 2.24) is 9.97 Å². The van der Waals surface area contributed by atoms with E-state index >= 15 is 0 Å². The molecule has 1 aromatic rings. The van der Waals surface area contributed by atoms with Gasteiger partial charge < -0.3 is 5.32 Å². The summed E-state index contributed by atoms with van der Waals surface area (Å²) >= 11 is 3.31. The Balaban J connectivity index is 2.43. The van der Waals surface area contributed by atoms with Gasteiger partial charge in [-0.25, -0.2) is 9.97 Å². The van der Waals surface area contributed by atoms with Gasteiger partial charge in [0.15, 0.2) is 0 Å². The number of unbranched alkanes of at least 4 members (excludes halogenated alkanes) is 1. The number of nitrogens with one attached hydrogen (secondary N) is 1. The molecule has 0 spiro atoms. The minimum Gasteiger partial charge on any atom is -0.367 e. The molecule has 0 aliphatic heterocycles. The summed E-state index contributed by atoms with van der Waals surface area (Å²) in [5, 5.41) is 3.34. The van der Waals surface area contributed by atoms with Crippen LogP contribution in [0.15, 0.2) is 17.0 Å². The van der Waals surface area contributed by atoms with Crippen LogP contribution in [-0.4, -0.2) is 16.0 Å². The highest BCUT2D eigenvalue weighted by Crippen LogP contribution is 2.12. The topological polar surface area (TPSA) is 37.8 Å². The van der Waals surface area contributed by atoms with E-state index in [1.54, 1.807) is 6.33 Å². The van der Waals surface area contributed by atoms with Crippen LogP contribution in [-0.2, 0) is 0 Å². The van der Waals surface area contributed by atoms with Crippen LogP contribution in [0.2, 0.25) is 0 Å². The lowest BCUT2D eigenvalue weighted by atomic mass is 10.1. The Morgan fingerprint density at radius 1 is 1.50 bits per heavy atom. The van der Waals surface area contributed by atoms with E-state index in [4.69, 9.17) is 0 Å². The maximum absolute atomic E-state index is 4.14. The molecule has 4 heteroatoms. The van der Waals surface area contributed by atoms with Gasteiger partial charge in [-0.15, -0.1) is 0 Å². The lowest BCUT2D eigenvalue weighted by molar-refractivity contribution is 0.643. The summed E-state index contributed by atoms with van der Waals surface area (Å²) in [5.74, 6) is 0.885. The average Bonchev–Trinajstić information content (AvgIpc) is 2.15. The lowest BCUT2D eigenvalue weighted by Gasteiger charge is -2.13. The molecule has 14 heavy (non-hydrogen) atoms. The number of hydrogen-bond donors (Lipinski definition) is 1. The zero-order chi connectivity index (χ0) is 10.4. The van der Waals surface area contributed by atoms with E-state index in [2.05, 4.69) is 45.1 Å². The number of rotatable bonds is 5. The van der Waals surface area contributed by atoms with Crippen LogP contribution in [0.4, 0.5) is 5.82 Å². The van der Waals surface area contributed by atoms with Crippen molar-refractivity contribution in [1.29, 1.82) is 0 Å². The Hall–Kier alpha value is -0.640. The molecule has 0 aliphatic rings. The minimum atomic E-state index is 0.469. The van der Waals surface area contributed by atoms with E-state index < -0.39 is 0 Å². The summed E-state index contributed by atoms with van der Waals surface area (Å²) in [6, 6.07) is 2.36. The molecule has 1 unspecified atom stereocenters. The van der Waals surface area contributed by atoms with Crippen LogP contribution in [0.3, 0.4) is 0 Å². The highest BCUT2D eigenvalue weighted by Gasteiger charge is 2.02. The summed E-state index contributed by atoms with van der Waals surface area (Å²) in [6.07, 6.45) is 5.22. The Kier molecular flexibility index (Phi) is 4.87. The van der Waals surface area contributed by atoms with Gasteiger partial charge >= 0.3 is 0 Å². The van der Waals surface area contributed by atoms with Crippen LogP contribution in [0.25, 0.3) is 0 Å². The van der Waals surface area contributed by atoms with Crippen molar-refractivity contribution >= 4 is 21.7 Å². The third kappa shape index (κ3) is 4.05. The van der Waals surface area contributed by atoms with Gasteiger partial charge in [0.05, 0.1) is 0 Å². The summed E-state index contributed by atoms with van der Waals surface area (Å²) < 4.78 is 0.817. The van der Waals surface area contributed by atoms with Crippen molar-refractivity contribution in [3.8, 4) is 0 Å². The van der Waals surface area contributed by atoms with E-state index in [9.17, 15) is 0 Å². The molecule has 0 fully saturated rings. The zero-order valence-corrected chi connectivity index (χ0v) is 10.2. The summed E-state index contributed by atoms with van der Waals surface area (Å²) in [5.41, 5.74) is 0. The quantitative estimate of drug-likeness (QED) is 0.824. The molecule has 1 atom stereocenters. The normalized spacial score (nSPS) is 12.5. The van der Waals surface area contributed by atoms with Gasteiger partial charge in [-0.3, -0.25) is 0 Å². The lowest BCUT2D eigenvalue weighted by Crippen LogP contribution is -2.15. The molecule has 0 aromatic carbocycles. The van der Waals surface area contributed by atoms with Crippen LogP contribution in [0.5, 0.6) is 0 Å². The molecule has 0 aliphatic carbocycles. The molecule has 0 saturated heterocycles. The Bertz CT molecular complexity index is 278. The third-order valence-corrected chi connectivity index (χ3v) is 2.45. The first-order valence-electron chi connectivity index (χ1n) is 4.96. The highest BCUT2D eigenvalue weighted by atomic mass is 79.9. The fourth-order valence-electron chi connectivity index (χ4n) is 1.25. The number of nitrogens with zero attached hydrogens (tertiary/aromatic N) is 2. The van der Waals surface area contributed by atoms with Gasteiger partial charge in [0, 0.05) is 12.1 Å². The van der Waals surface area contributed by atoms with Gasteiger partial charge in [-0.1, -0.05) is 19.8 Å². The van der Waals surface area contributed by atoms with Crippen molar-refractivity contribution in [2.45, 2.75) is 39.2 Å². The second kappa shape index (κ2) is 5.96. The summed E-state index contributed by atoms with van der Waals surface area (Å²) in [6.45, 7) is 4.37. The highest BCUT2D eigenvalue weighted by molar-refractivity contribution is 9.10. The molecular weight excluding hydrogens is 242 g/mol. The molecule has 0 bridgehead atoms. The van der Waals surface area contributed by atoms with E-state index in [1.165, 1.54) is 19.3 Å². The van der Waals surface area contributed by atoms with Crippen molar-refractivity contribution in [2.24, 2.45) is 0 Å². The molecule has 3 nitrogen and oxygen atoms in total. The van der Waals surface area contributed by atoms with E-state index in [0.717, 1.165) is 10.4 Å². The van der Waals surface area contributed by atoms with E-state index in [1.807, 2.05) is 6.07 Å².